The van der Waals surface area contributed by atoms with Crippen LogP contribution in [0.5, 0.6) is 0 Å². The molecule has 22 saturated heterocycles. The molecule has 16 N–H and O–H groups in total. The van der Waals surface area contributed by atoms with E-state index in [0.29, 0.717) is 0 Å². The summed E-state index contributed by atoms with van der Waals surface area (Å²) in [5.74, 6) is 0. The number of ether oxygens (including phenoxy) is 12. The molecule has 0 saturated carbocycles. The van der Waals surface area contributed by atoms with E-state index in [0.717, 1.165) is 0 Å². The molecule has 0 aromatic carbocycles. The van der Waals surface area contributed by atoms with Crippen LogP contribution in [0.25, 0.3) is 20.9 Å². The molecule has 0 radical (unpaired) electrons. The topological polar surface area (TPSA) is 532 Å². The largest absolute Gasteiger partial charge is 0.394 e. The van der Waals surface area contributed by atoms with Crippen molar-refractivity contribution in [1.82, 2.24) is 0 Å². The number of hydrogen-bond acceptors (Lipinski definition) is 30. The van der Waals surface area contributed by atoms with Crippen molar-refractivity contribution in [3.63, 3.8) is 0 Å². The van der Waals surface area contributed by atoms with Crippen LogP contribution in [0.3, 0.4) is 0 Å². The van der Waals surface area contributed by atoms with Gasteiger partial charge in [0.05, 0.1) is 51.7 Å². The Kier molecular flexibility index (Phi) is 18.8. The van der Waals surface area contributed by atoms with E-state index < -0.39 is 224 Å². The van der Waals surface area contributed by atoms with E-state index in [1.807, 2.05) is 0 Å². The summed E-state index contributed by atoms with van der Waals surface area (Å²) in [4.78, 5) is 5.27. The first kappa shape index (κ1) is 55.3. The van der Waals surface area contributed by atoms with Gasteiger partial charge < -0.3 is 139 Å². The van der Waals surface area contributed by atoms with Crippen LogP contribution in [0.4, 0.5) is 0 Å². The fourth-order valence-corrected chi connectivity index (χ4v) is 9.16. The molecule has 34 nitrogen and oxygen atoms in total. The Morgan fingerprint density at radius 1 is 0.271 bits per heavy atom. The third-order valence-corrected chi connectivity index (χ3v) is 13.0. The average molecular weight is 1020 g/mol. The molecule has 0 unspecified atom stereocenters. The molecular formula is C36H58N6O28. The summed E-state index contributed by atoms with van der Waals surface area (Å²) in [5.41, 5.74) is 18.3. The van der Waals surface area contributed by atoms with Gasteiger partial charge in [0.15, 0.2) is 37.7 Å². The lowest BCUT2D eigenvalue weighted by Crippen LogP contribution is -2.69. The van der Waals surface area contributed by atoms with Crippen LogP contribution >= 0.6 is 0 Å². The van der Waals surface area contributed by atoms with E-state index in [1.54, 1.807) is 0 Å². The number of hydrogen-bond donors (Lipinski definition) is 16. The zero-order valence-electron chi connectivity index (χ0n) is 36.3. The van der Waals surface area contributed by atoms with Gasteiger partial charge in [-0.05, 0) is 11.1 Å². The zero-order valence-corrected chi connectivity index (χ0v) is 36.3. The molecule has 0 aromatic rings. The van der Waals surface area contributed by atoms with Crippen LogP contribution in [-0.4, -0.2) is 305 Å². The Balaban J connectivity index is 1.22. The Bertz CT molecular complexity index is 1770. The lowest BCUT2D eigenvalue weighted by Gasteiger charge is -2.50. The highest BCUT2D eigenvalue weighted by Gasteiger charge is 2.58. The van der Waals surface area contributed by atoms with Gasteiger partial charge in [0.1, 0.15) is 134 Å². The van der Waals surface area contributed by atoms with Crippen molar-refractivity contribution in [2.75, 3.05) is 39.5 Å². The molecule has 0 aliphatic carbocycles. The maximum absolute atomic E-state index is 11.4. The molecule has 22 aliphatic rings. The number of azide groups is 2. The molecule has 22 heterocycles. The molecule has 34 heteroatoms. The molecule has 0 aromatic heterocycles. The van der Waals surface area contributed by atoms with Crippen LogP contribution in [0, 0.1) is 0 Å². The lowest BCUT2D eigenvalue weighted by atomic mass is 9.94. The molecule has 400 valence electrons. The van der Waals surface area contributed by atoms with Gasteiger partial charge in [-0.15, -0.1) is 0 Å². The predicted molar refractivity (Wildman–Crippen MR) is 210 cm³/mol. The summed E-state index contributed by atoms with van der Waals surface area (Å²) in [7, 11) is 0. The SMILES string of the molecule is [N-]=[N+]=NC[C@H]1O[C@@H]2O[C@H]3[C@H](O)[C@@H](O)[C@@H](O[C@H]4[C@H](O)[C@@H](O)[C@@H](O[C@H]5[C@H](O)[C@@H](O)[C@@H](O[C@H]6[C@H](O)[C@@H](O)[C@@H](O[C@H]7[C@H](O)[C@@H](O)[C@@H](O[C@H]1[C@H](O)[C@H]2O)O[C@@H]7CO)O[C@@H]6CN=[N+]=[N-])O[C@@H]5CO)O[C@@H]4CO)O[C@@H]3CO. The molecule has 22 aliphatic heterocycles. The van der Waals surface area contributed by atoms with Crippen LogP contribution in [0.1, 0.15) is 0 Å². The summed E-state index contributed by atoms with van der Waals surface area (Å²) < 4.78 is 68.7. The van der Waals surface area contributed by atoms with Gasteiger partial charge >= 0.3 is 0 Å². The van der Waals surface area contributed by atoms with Gasteiger partial charge in [-0.25, -0.2) is 0 Å². The summed E-state index contributed by atoms with van der Waals surface area (Å²) in [5, 5.41) is 184. The first-order valence-corrected chi connectivity index (χ1v) is 21.9. The van der Waals surface area contributed by atoms with Gasteiger partial charge in [-0.3, -0.25) is 0 Å². The second-order valence-corrected chi connectivity index (χ2v) is 17.3. The van der Waals surface area contributed by atoms with Crippen molar-refractivity contribution >= 4 is 0 Å². The Morgan fingerprint density at radius 3 is 0.614 bits per heavy atom. The van der Waals surface area contributed by atoms with Gasteiger partial charge in [0.25, 0.3) is 0 Å². The standard InChI is InChI=1S/C36H58N6O28/c37-41-39-1-7-25-14(48)20(54)32(60-7)68-28-10(4-44)63-35(23(57)17(28)51)70-30-12(6-46)64-36(24(58)18(30)52)69-29-11(5-45)62-34(22(56)16(29)50)66-26-8(2-40-42-38)59-31(19(53)13(26)47)67-27-9(3-43)61-33(65-25)21(55)15(27)49/h7-36,43-58H,1-6H2/t7-,8-,9-,10-,11-,12-,13-,14-,15-,16-,17-,18-,19-,20-,21-,22-,23-,24-,25-,26-,27-,28-,29-,30-,31-,32-,33-,34-,35-,36-/m1/s1. The summed E-state index contributed by atoms with van der Waals surface area (Å²) in [6.45, 7) is -5.50. The highest BCUT2D eigenvalue weighted by molar-refractivity contribution is 5.01. The second-order valence-electron chi connectivity index (χ2n) is 17.3. The molecule has 0 amide bonds. The Labute approximate surface area is 393 Å². The maximum Gasteiger partial charge on any atom is 0.187 e. The number of aliphatic hydroxyl groups excluding tert-OH is 16. The van der Waals surface area contributed by atoms with Gasteiger partial charge in [0, 0.05) is 9.82 Å². The third-order valence-electron chi connectivity index (χ3n) is 13.0. The lowest BCUT2D eigenvalue weighted by molar-refractivity contribution is -0.402. The minimum absolute atomic E-state index is 0.706. The van der Waals surface area contributed by atoms with Crippen LogP contribution in [-0.2, 0) is 56.8 Å². The van der Waals surface area contributed by atoms with E-state index in [-0.39, 0.29) is 0 Å². The van der Waals surface area contributed by atoms with Crippen molar-refractivity contribution in [3.05, 3.63) is 20.9 Å². The van der Waals surface area contributed by atoms with E-state index in [4.69, 9.17) is 67.9 Å². The van der Waals surface area contributed by atoms with Crippen molar-refractivity contribution in [1.29, 1.82) is 0 Å². The molecule has 70 heavy (non-hydrogen) atoms. The number of aliphatic hydroxyl groups is 16. The van der Waals surface area contributed by atoms with Crippen molar-refractivity contribution in [3.8, 4) is 0 Å². The second kappa shape index (κ2) is 23.8. The first-order chi connectivity index (χ1) is 33.4. The Morgan fingerprint density at radius 2 is 0.443 bits per heavy atom. The van der Waals surface area contributed by atoms with Crippen LogP contribution in [0.15, 0.2) is 10.2 Å². The molecular weight excluding hydrogens is 964 g/mol. The van der Waals surface area contributed by atoms with Crippen LogP contribution < -0.4 is 0 Å². The fourth-order valence-electron chi connectivity index (χ4n) is 9.16. The highest BCUT2D eigenvalue weighted by atomic mass is 16.8. The molecule has 22 fully saturated rings. The minimum Gasteiger partial charge on any atom is -0.394 e. The van der Waals surface area contributed by atoms with E-state index in [2.05, 4.69) is 20.1 Å². The van der Waals surface area contributed by atoms with Gasteiger partial charge in [0.2, 0.25) is 0 Å². The zero-order chi connectivity index (χ0) is 50.9. The quantitative estimate of drug-likeness (QED) is 0.0610. The fraction of sp³-hybridized carbons (Fsp3) is 1.00. The van der Waals surface area contributed by atoms with E-state index in [1.165, 1.54) is 0 Å². The minimum atomic E-state index is -2.19. The molecule has 12 bridgehead atoms. The Hall–Kier alpha value is -2.50. The predicted octanol–water partition coefficient (Wildman–Crippen LogP) is -10.4. The van der Waals surface area contributed by atoms with Crippen molar-refractivity contribution in [2.24, 2.45) is 10.2 Å². The molecule has 22 rings (SSSR count). The summed E-state index contributed by atoms with van der Waals surface area (Å²) in [6, 6.07) is 0. The smallest absolute Gasteiger partial charge is 0.187 e. The number of rotatable bonds is 8. The molecule has 0 spiro atoms. The normalized spacial score (nSPS) is 52.5. The third kappa shape index (κ3) is 11.0. The van der Waals surface area contributed by atoms with Gasteiger partial charge in [-0.2, -0.15) is 0 Å². The van der Waals surface area contributed by atoms with Crippen LogP contribution in [0.2, 0.25) is 0 Å². The van der Waals surface area contributed by atoms with Crippen molar-refractivity contribution in [2.45, 2.75) is 184 Å². The van der Waals surface area contributed by atoms with E-state index in [9.17, 15) is 81.7 Å². The maximum atomic E-state index is 11.4. The summed E-state index contributed by atoms with van der Waals surface area (Å²) in [6.07, 6.45) is -59.3. The van der Waals surface area contributed by atoms with E-state index >= 15 is 0 Å². The van der Waals surface area contributed by atoms with Crippen molar-refractivity contribution < 1.29 is 139 Å². The average Bonchev–Trinajstić information content (AvgIpc) is 3.35. The molecule has 30 atom stereocenters. The first-order valence-electron chi connectivity index (χ1n) is 21.9. The summed E-state index contributed by atoms with van der Waals surface area (Å²) >= 11 is 0. The van der Waals surface area contributed by atoms with Gasteiger partial charge in [-0.1, -0.05) is 10.2 Å². The number of nitrogens with zero attached hydrogens (tertiary/aromatic N) is 6. The monoisotopic (exact) mass is 1020 g/mol. The highest BCUT2D eigenvalue weighted by Crippen LogP contribution is 2.38.